The summed E-state index contributed by atoms with van der Waals surface area (Å²) in [7, 11) is 2.11. The zero-order chi connectivity index (χ0) is 13.3. The summed E-state index contributed by atoms with van der Waals surface area (Å²) in [5, 5.41) is 0.659. The van der Waals surface area contributed by atoms with Crippen molar-refractivity contribution in [1.29, 1.82) is 0 Å². The summed E-state index contributed by atoms with van der Waals surface area (Å²) in [6.45, 7) is 5.86. The van der Waals surface area contributed by atoms with Gasteiger partial charge in [0.25, 0.3) is 5.91 Å². The molecule has 0 radical (unpaired) electrons. The van der Waals surface area contributed by atoms with Crippen molar-refractivity contribution >= 4 is 17.5 Å². The van der Waals surface area contributed by atoms with Crippen LogP contribution in [0.4, 0.5) is 0 Å². The largest absolute Gasteiger partial charge is 0.336 e. The van der Waals surface area contributed by atoms with Crippen LogP contribution in [0, 0.1) is 0 Å². The summed E-state index contributed by atoms with van der Waals surface area (Å²) in [6, 6.07) is 7.89. The number of piperazine rings is 1. The lowest BCUT2D eigenvalue weighted by Gasteiger charge is -2.42. The number of likely N-dealkylation sites (N-methyl/N-ethyl adjacent to an activating group) is 1. The van der Waals surface area contributed by atoms with Crippen molar-refractivity contribution < 1.29 is 4.79 Å². The SMILES string of the molecule is CC1CN(C(=O)c2ccc(Cl)cc2)CC(C)N1C. The number of nitrogens with zero attached hydrogens (tertiary/aromatic N) is 2. The average Bonchev–Trinajstić information content (AvgIpc) is 2.35. The van der Waals surface area contributed by atoms with Crippen molar-refractivity contribution in [3.8, 4) is 0 Å². The molecule has 98 valence electrons. The molecule has 2 rings (SSSR count). The van der Waals surface area contributed by atoms with Crippen molar-refractivity contribution in [3.05, 3.63) is 34.9 Å². The fourth-order valence-electron chi connectivity index (χ4n) is 2.35. The molecule has 0 saturated carbocycles. The highest BCUT2D eigenvalue weighted by Crippen LogP contribution is 2.17. The molecule has 1 aromatic rings. The van der Waals surface area contributed by atoms with Crippen LogP contribution in [0.2, 0.25) is 5.02 Å². The van der Waals surface area contributed by atoms with Crippen LogP contribution in [0.3, 0.4) is 0 Å². The van der Waals surface area contributed by atoms with E-state index in [2.05, 4.69) is 25.8 Å². The molecule has 0 aromatic heterocycles. The first-order chi connectivity index (χ1) is 8.49. The monoisotopic (exact) mass is 266 g/mol. The smallest absolute Gasteiger partial charge is 0.253 e. The van der Waals surface area contributed by atoms with Crippen molar-refractivity contribution in [2.45, 2.75) is 25.9 Å². The first-order valence-corrected chi connectivity index (χ1v) is 6.63. The van der Waals surface area contributed by atoms with Gasteiger partial charge in [-0.3, -0.25) is 9.69 Å². The topological polar surface area (TPSA) is 23.6 Å². The van der Waals surface area contributed by atoms with Crippen molar-refractivity contribution in [3.63, 3.8) is 0 Å². The normalized spacial score (nSPS) is 25.2. The Morgan fingerprint density at radius 3 is 2.17 bits per heavy atom. The second-order valence-corrected chi connectivity index (χ2v) is 5.52. The van der Waals surface area contributed by atoms with Gasteiger partial charge >= 0.3 is 0 Å². The molecule has 1 amide bonds. The van der Waals surface area contributed by atoms with Gasteiger partial charge in [-0.05, 0) is 45.2 Å². The summed E-state index contributed by atoms with van der Waals surface area (Å²) < 4.78 is 0. The highest BCUT2D eigenvalue weighted by molar-refractivity contribution is 6.30. The molecule has 18 heavy (non-hydrogen) atoms. The Morgan fingerprint density at radius 2 is 1.67 bits per heavy atom. The van der Waals surface area contributed by atoms with Crippen LogP contribution < -0.4 is 0 Å². The van der Waals surface area contributed by atoms with Crippen LogP contribution in [0.1, 0.15) is 24.2 Å². The molecule has 2 atom stereocenters. The molecule has 2 unspecified atom stereocenters. The van der Waals surface area contributed by atoms with Gasteiger partial charge in [-0.1, -0.05) is 11.6 Å². The number of carbonyl (C=O) groups excluding carboxylic acids is 1. The molecular formula is C14H19ClN2O. The number of halogens is 1. The number of hydrogen-bond donors (Lipinski definition) is 0. The maximum absolute atomic E-state index is 12.4. The van der Waals surface area contributed by atoms with Crippen LogP contribution in [0.15, 0.2) is 24.3 Å². The minimum Gasteiger partial charge on any atom is -0.336 e. The predicted octanol–water partition coefficient (Wildman–Crippen LogP) is 2.50. The Bertz CT molecular complexity index is 420. The third-order valence-electron chi connectivity index (χ3n) is 3.74. The van der Waals surface area contributed by atoms with Gasteiger partial charge in [-0.25, -0.2) is 0 Å². The van der Waals surface area contributed by atoms with Crippen molar-refractivity contribution in [2.75, 3.05) is 20.1 Å². The minimum absolute atomic E-state index is 0.0958. The first-order valence-electron chi connectivity index (χ1n) is 6.26. The molecule has 4 heteroatoms. The third kappa shape index (κ3) is 2.68. The van der Waals surface area contributed by atoms with Crippen LogP contribution in [-0.4, -0.2) is 47.9 Å². The number of rotatable bonds is 1. The molecule has 0 bridgehead atoms. The molecule has 1 aliphatic heterocycles. The van der Waals surface area contributed by atoms with E-state index >= 15 is 0 Å². The predicted molar refractivity (Wildman–Crippen MR) is 74.0 cm³/mol. The first kappa shape index (κ1) is 13.4. The van der Waals surface area contributed by atoms with E-state index in [1.807, 2.05) is 4.90 Å². The fourth-order valence-corrected chi connectivity index (χ4v) is 2.47. The van der Waals surface area contributed by atoms with Crippen LogP contribution in [0.5, 0.6) is 0 Å². The molecule has 0 N–H and O–H groups in total. The Balaban J connectivity index is 2.12. The summed E-state index contributed by atoms with van der Waals surface area (Å²) in [5.41, 5.74) is 0.711. The number of benzene rings is 1. The highest BCUT2D eigenvalue weighted by atomic mass is 35.5. The van der Waals surface area contributed by atoms with Gasteiger partial charge in [0.05, 0.1) is 0 Å². The number of amides is 1. The van der Waals surface area contributed by atoms with E-state index in [0.29, 0.717) is 22.7 Å². The lowest BCUT2D eigenvalue weighted by molar-refractivity contribution is 0.0414. The van der Waals surface area contributed by atoms with E-state index in [1.165, 1.54) is 0 Å². The summed E-state index contributed by atoms with van der Waals surface area (Å²) in [5.74, 6) is 0.0958. The van der Waals surface area contributed by atoms with E-state index in [9.17, 15) is 4.79 Å². The van der Waals surface area contributed by atoms with Gasteiger partial charge in [-0.2, -0.15) is 0 Å². The molecule has 1 saturated heterocycles. The average molecular weight is 267 g/mol. The maximum Gasteiger partial charge on any atom is 0.253 e. The quantitative estimate of drug-likeness (QED) is 0.780. The zero-order valence-electron chi connectivity index (χ0n) is 11.1. The van der Waals surface area contributed by atoms with Crippen molar-refractivity contribution in [1.82, 2.24) is 9.80 Å². The molecule has 3 nitrogen and oxygen atoms in total. The van der Waals surface area contributed by atoms with E-state index in [1.54, 1.807) is 24.3 Å². The second kappa shape index (κ2) is 5.29. The minimum atomic E-state index is 0.0958. The van der Waals surface area contributed by atoms with Crippen LogP contribution >= 0.6 is 11.6 Å². The molecule has 1 aliphatic rings. The molecular weight excluding hydrogens is 248 g/mol. The van der Waals surface area contributed by atoms with E-state index in [0.717, 1.165) is 13.1 Å². The molecule has 0 spiro atoms. The van der Waals surface area contributed by atoms with Gasteiger partial charge < -0.3 is 4.90 Å². The van der Waals surface area contributed by atoms with Gasteiger partial charge in [0.1, 0.15) is 0 Å². The number of carbonyl (C=O) groups is 1. The van der Waals surface area contributed by atoms with E-state index in [-0.39, 0.29) is 5.91 Å². The molecule has 1 fully saturated rings. The lowest BCUT2D eigenvalue weighted by atomic mass is 10.1. The highest BCUT2D eigenvalue weighted by Gasteiger charge is 2.29. The van der Waals surface area contributed by atoms with Crippen LogP contribution in [0.25, 0.3) is 0 Å². The Labute approximate surface area is 113 Å². The molecule has 1 heterocycles. The second-order valence-electron chi connectivity index (χ2n) is 5.08. The summed E-state index contributed by atoms with van der Waals surface area (Å²) in [6.07, 6.45) is 0. The number of hydrogen-bond acceptors (Lipinski definition) is 2. The van der Waals surface area contributed by atoms with Crippen LogP contribution in [-0.2, 0) is 0 Å². The van der Waals surface area contributed by atoms with Crippen molar-refractivity contribution in [2.24, 2.45) is 0 Å². The molecule has 0 aliphatic carbocycles. The Hall–Kier alpha value is -1.06. The third-order valence-corrected chi connectivity index (χ3v) is 3.99. The zero-order valence-corrected chi connectivity index (χ0v) is 11.8. The summed E-state index contributed by atoms with van der Waals surface area (Å²) >= 11 is 5.84. The fraction of sp³-hybridized carbons (Fsp3) is 0.500. The van der Waals surface area contributed by atoms with Gasteiger partial charge in [0.2, 0.25) is 0 Å². The van der Waals surface area contributed by atoms with E-state index in [4.69, 9.17) is 11.6 Å². The van der Waals surface area contributed by atoms with Gasteiger partial charge in [-0.15, -0.1) is 0 Å². The van der Waals surface area contributed by atoms with Gasteiger partial charge in [0.15, 0.2) is 0 Å². The van der Waals surface area contributed by atoms with Gasteiger partial charge in [0, 0.05) is 35.8 Å². The summed E-state index contributed by atoms with van der Waals surface area (Å²) in [4.78, 5) is 16.6. The lowest BCUT2D eigenvalue weighted by Crippen LogP contribution is -2.56. The molecule has 1 aromatic carbocycles. The Kier molecular flexibility index (Phi) is 3.93. The Morgan fingerprint density at radius 1 is 1.17 bits per heavy atom. The maximum atomic E-state index is 12.4. The standard InChI is InChI=1S/C14H19ClN2O/c1-10-8-17(9-11(2)16(10)3)14(18)12-4-6-13(15)7-5-12/h4-7,10-11H,8-9H2,1-3H3. The van der Waals surface area contributed by atoms with E-state index < -0.39 is 0 Å².